The minimum Gasteiger partial charge on any atom is -0.464 e. The molecule has 0 amide bonds. The molecule has 0 radical (unpaired) electrons. The van der Waals surface area contributed by atoms with Crippen LogP contribution in [0, 0.1) is 6.92 Å². The van der Waals surface area contributed by atoms with Crippen molar-refractivity contribution >= 4 is 12.0 Å². The largest absolute Gasteiger partial charge is 0.464 e. The number of ether oxygens (including phenoxy) is 1. The van der Waals surface area contributed by atoms with E-state index in [1.165, 1.54) is 7.11 Å². The van der Waals surface area contributed by atoms with Crippen molar-refractivity contribution in [2.45, 2.75) is 6.92 Å². The summed E-state index contributed by atoms with van der Waals surface area (Å²) in [5, 5.41) is 0. The molecule has 0 bridgehead atoms. The summed E-state index contributed by atoms with van der Waals surface area (Å²) >= 11 is 0. The van der Waals surface area contributed by atoms with Crippen LogP contribution in [0.15, 0.2) is 18.8 Å². The van der Waals surface area contributed by atoms with Crippen LogP contribution in [0.4, 0.5) is 0 Å². The molecule has 3 nitrogen and oxygen atoms in total. The van der Waals surface area contributed by atoms with Gasteiger partial charge in [0.2, 0.25) is 0 Å². The van der Waals surface area contributed by atoms with Gasteiger partial charge >= 0.3 is 5.97 Å². The summed E-state index contributed by atoms with van der Waals surface area (Å²) in [4.78, 5) is 15.1. The van der Waals surface area contributed by atoms with E-state index in [9.17, 15) is 4.79 Å². The highest BCUT2D eigenvalue weighted by Crippen LogP contribution is 2.09. The maximum atomic E-state index is 11.1. The first-order valence-corrected chi connectivity index (χ1v) is 3.86. The van der Waals surface area contributed by atoms with Crippen LogP contribution in [0.25, 0.3) is 6.08 Å². The monoisotopic (exact) mass is 177 g/mol. The van der Waals surface area contributed by atoms with Crippen LogP contribution < -0.4 is 0 Å². The Kier molecular flexibility index (Phi) is 2.80. The smallest absolute Gasteiger partial charge is 0.356 e. The van der Waals surface area contributed by atoms with Crippen molar-refractivity contribution < 1.29 is 9.53 Å². The quantitative estimate of drug-likeness (QED) is 0.647. The van der Waals surface area contributed by atoms with Crippen molar-refractivity contribution in [2.75, 3.05) is 7.11 Å². The fourth-order valence-electron chi connectivity index (χ4n) is 1.02. The Bertz CT molecular complexity index is 345. The summed E-state index contributed by atoms with van der Waals surface area (Å²) < 4.78 is 4.56. The van der Waals surface area contributed by atoms with Crippen LogP contribution in [0.3, 0.4) is 0 Å². The molecule has 0 N–H and O–H groups in total. The summed E-state index contributed by atoms with van der Waals surface area (Å²) in [7, 11) is 1.34. The normalized spacial score (nSPS) is 9.38. The molecular weight excluding hydrogens is 166 g/mol. The molecule has 0 fully saturated rings. The van der Waals surface area contributed by atoms with Crippen molar-refractivity contribution in [1.29, 1.82) is 0 Å². The Labute approximate surface area is 77.1 Å². The van der Waals surface area contributed by atoms with E-state index in [1.54, 1.807) is 12.3 Å². The number of hydrogen-bond donors (Lipinski definition) is 0. The summed E-state index contributed by atoms with van der Waals surface area (Å²) in [6.45, 7) is 5.42. The number of aryl methyl sites for hydroxylation is 1. The van der Waals surface area contributed by atoms with E-state index in [0.29, 0.717) is 5.69 Å². The van der Waals surface area contributed by atoms with Crippen molar-refractivity contribution in [2.24, 2.45) is 0 Å². The SMILES string of the molecule is C=Cc1cnc(C(=O)OC)c(C)c1. The zero-order valence-electron chi connectivity index (χ0n) is 7.70. The van der Waals surface area contributed by atoms with Crippen molar-refractivity contribution in [3.05, 3.63) is 35.7 Å². The lowest BCUT2D eigenvalue weighted by atomic mass is 10.1. The number of carbonyl (C=O) groups is 1. The molecule has 0 unspecified atom stereocenters. The third-order valence-electron chi connectivity index (χ3n) is 1.71. The van der Waals surface area contributed by atoms with E-state index in [2.05, 4.69) is 16.3 Å². The standard InChI is InChI=1S/C10H11NO2/c1-4-8-5-7(2)9(11-6-8)10(12)13-3/h4-6H,1H2,2-3H3. The van der Waals surface area contributed by atoms with Gasteiger partial charge in [-0.3, -0.25) is 0 Å². The van der Waals surface area contributed by atoms with E-state index in [0.717, 1.165) is 11.1 Å². The van der Waals surface area contributed by atoms with Gasteiger partial charge < -0.3 is 4.74 Å². The molecule has 0 aromatic carbocycles. The predicted octanol–water partition coefficient (Wildman–Crippen LogP) is 1.82. The average molecular weight is 177 g/mol. The Balaban J connectivity index is 3.12. The molecule has 0 aliphatic carbocycles. The van der Waals surface area contributed by atoms with E-state index in [-0.39, 0.29) is 0 Å². The van der Waals surface area contributed by atoms with E-state index >= 15 is 0 Å². The first-order chi connectivity index (χ1) is 6.19. The Morgan fingerprint density at radius 1 is 1.69 bits per heavy atom. The van der Waals surface area contributed by atoms with Crippen molar-refractivity contribution in [1.82, 2.24) is 4.98 Å². The Morgan fingerprint density at radius 3 is 2.85 bits per heavy atom. The lowest BCUT2D eigenvalue weighted by Crippen LogP contribution is -2.06. The third-order valence-corrected chi connectivity index (χ3v) is 1.71. The van der Waals surface area contributed by atoms with Crippen LogP contribution in [0.1, 0.15) is 21.6 Å². The van der Waals surface area contributed by atoms with E-state index in [1.807, 2.05) is 13.0 Å². The molecule has 1 rings (SSSR count). The number of rotatable bonds is 2. The Hall–Kier alpha value is -1.64. The maximum absolute atomic E-state index is 11.1. The highest BCUT2D eigenvalue weighted by atomic mass is 16.5. The zero-order valence-corrected chi connectivity index (χ0v) is 7.70. The zero-order chi connectivity index (χ0) is 9.84. The number of esters is 1. The summed E-state index contributed by atoms with van der Waals surface area (Å²) in [5.74, 6) is -0.409. The lowest BCUT2D eigenvalue weighted by molar-refractivity contribution is 0.0593. The minimum absolute atomic E-state index is 0.355. The predicted molar refractivity (Wildman–Crippen MR) is 50.4 cm³/mol. The van der Waals surface area contributed by atoms with Crippen molar-refractivity contribution in [3.63, 3.8) is 0 Å². The van der Waals surface area contributed by atoms with Gasteiger partial charge in [0.1, 0.15) is 0 Å². The molecule has 0 saturated carbocycles. The van der Waals surface area contributed by atoms with Crippen LogP contribution in [-0.2, 0) is 4.74 Å². The summed E-state index contributed by atoms with van der Waals surface area (Å²) in [5.41, 5.74) is 2.04. The van der Waals surface area contributed by atoms with E-state index in [4.69, 9.17) is 0 Å². The van der Waals surface area contributed by atoms with Crippen LogP contribution in [0.5, 0.6) is 0 Å². The number of aromatic nitrogens is 1. The van der Waals surface area contributed by atoms with Gasteiger partial charge in [0.25, 0.3) is 0 Å². The second-order valence-corrected chi connectivity index (χ2v) is 2.63. The molecule has 68 valence electrons. The number of methoxy groups -OCH3 is 1. The first-order valence-electron chi connectivity index (χ1n) is 3.86. The van der Waals surface area contributed by atoms with Gasteiger partial charge in [0.15, 0.2) is 5.69 Å². The number of carbonyl (C=O) groups excluding carboxylic acids is 1. The molecule has 13 heavy (non-hydrogen) atoms. The highest BCUT2D eigenvalue weighted by Gasteiger charge is 2.09. The number of pyridine rings is 1. The molecular formula is C10H11NO2. The molecule has 0 aliphatic heterocycles. The molecule has 3 heteroatoms. The second-order valence-electron chi connectivity index (χ2n) is 2.63. The topological polar surface area (TPSA) is 39.2 Å². The Morgan fingerprint density at radius 2 is 2.38 bits per heavy atom. The first kappa shape index (κ1) is 9.45. The molecule has 1 aromatic heterocycles. The molecule has 1 aromatic rings. The lowest BCUT2D eigenvalue weighted by Gasteiger charge is -2.02. The van der Waals surface area contributed by atoms with Gasteiger partial charge in [-0.25, -0.2) is 9.78 Å². The molecule has 0 aliphatic rings. The number of hydrogen-bond acceptors (Lipinski definition) is 3. The van der Waals surface area contributed by atoms with Crippen LogP contribution in [0.2, 0.25) is 0 Å². The molecule has 0 atom stereocenters. The molecule has 1 heterocycles. The van der Waals surface area contributed by atoms with Gasteiger partial charge in [0.05, 0.1) is 7.11 Å². The van der Waals surface area contributed by atoms with Gasteiger partial charge in [-0.05, 0) is 24.1 Å². The van der Waals surface area contributed by atoms with Crippen molar-refractivity contribution in [3.8, 4) is 0 Å². The fourth-order valence-corrected chi connectivity index (χ4v) is 1.02. The molecule has 0 spiro atoms. The van der Waals surface area contributed by atoms with Gasteiger partial charge in [-0.2, -0.15) is 0 Å². The van der Waals surface area contributed by atoms with Gasteiger partial charge in [0, 0.05) is 6.20 Å². The summed E-state index contributed by atoms with van der Waals surface area (Å²) in [6, 6.07) is 1.84. The summed E-state index contributed by atoms with van der Waals surface area (Å²) in [6.07, 6.45) is 3.27. The van der Waals surface area contributed by atoms with Crippen LogP contribution in [-0.4, -0.2) is 18.1 Å². The number of nitrogens with zero attached hydrogens (tertiary/aromatic N) is 1. The van der Waals surface area contributed by atoms with Gasteiger partial charge in [-0.15, -0.1) is 0 Å². The average Bonchev–Trinajstić information content (AvgIpc) is 2.16. The second kappa shape index (κ2) is 3.85. The maximum Gasteiger partial charge on any atom is 0.356 e. The van der Waals surface area contributed by atoms with Crippen LogP contribution >= 0.6 is 0 Å². The fraction of sp³-hybridized carbons (Fsp3) is 0.200. The molecule has 0 saturated heterocycles. The highest BCUT2D eigenvalue weighted by molar-refractivity contribution is 5.88. The van der Waals surface area contributed by atoms with Gasteiger partial charge in [-0.1, -0.05) is 12.7 Å². The minimum atomic E-state index is -0.409. The third kappa shape index (κ3) is 1.93. The van der Waals surface area contributed by atoms with E-state index < -0.39 is 5.97 Å².